The van der Waals surface area contributed by atoms with Gasteiger partial charge in [-0.3, -0.25) is 14.6 Å². The number of amides is 1. The summed E-state index contributed by atoms with van der Waals surface area (Å²) in [6, 6.07) is 13.3. The number of carbonyl (C=O) groups excluding carboxylic acids is 1. The van der Waals surface area contributed by atoms with Crippen molar-refractivity contribution < 1.29 is 31.5 Å². The fourth-order valence-electron chi connectivity index (χ4n) is 7.66. The Labute approximate surface area is 296 Å². The predicted molar refractivity (Wildman–Crippen MR) is 185 cm³/mol. The van der Waals surface area contributed by atoms with Gasteiger partial charge in [-0.15, -0.1) is 0 Å². The second kappa shape index (κ2) is 13.6. The fourth-order valence-corrected chi connectivity index (χ4v) is 9.27. The maximum Gasteiger partial charge on any atom is 0.271 e. The minimum absolute atomic E-state index is 0.134. The lowest BCUT2D eigenvalue weighted by atomic mass is 9.80. The van der Waals surface area contributed by atoms with Crippen LogP contribution in [0.3, 0.4) is 0 Å². The summed E-state index contributed by atoms with van der Waals surface area (Å²) < 4.78 is 63.7. The summed E-state index contributed by atoms with van der Waals surface area (Å²) in [5, 5.41) is -0.252. The van der Waals surface area contributed by atoms with Crippen molar-refractivity contribution in [3.63, 3.8) is 0 Å². The first-order valence-corrected chi connectivity index (χ1v) is 18.5. The summed E-state index contributed by atoms with van der Waals surface area (Å²) in [4.78, 5) is 26.3. The Balaban J connectivity index is 1.44. The maximum absolute atomic E-state index is 16.9. The molecule has 3 aliphatic heterocycles. The molecule has 264 valence electrons. The number of likely N-dealkylation sites (tertiary alicyclic amines) is 1. The van der Waals surface area contributed by atoms with Crippen LogP contribution in [0.1, 0.15) is 48.4 Å². The van der Waals surface area contributed by atoms with E-state index < -0.39 is 33.3 Å². The number of likely N-dealkylation sites (N-methyl/N-ethyl adjacent to an activating group) is 1. The number of carbonyl (C=O) groups is 1. The molecule has 2 unspecified atom stereocenters. The minimum atomic E-state index is -4.59. The molecule has 7 rings (SSSR count). The third kappa shape index (κ3) is 5.55. The summed E-state index contributed by atoms with van der Waals surface area (Å²) in [6.07, 6.45) is 4.09. The van der Waals surface area contributed by atoms with Gasteiger partial charge in [-0.1, -0.05) is 30.7 Å². The lowest BCUT2D eigenvalue weighted by Crippen LogP contribution is -2.55. The zero-order valence-corrected chi connectivity index (χ0v) is 29.7. The maximum atomic E-state index is 16.9. The van der Waals surface area contributed by atoms with Crippen molar-refractivity contribution in [3.8, 4) is 11.5 Å². The van der Waals surface area contributed by atoms with Gasteiger partial charge < -0.3 is 18.8 Å². The Morgan fingerprint density at radius 2 is 1.74 bits per heavy atom. The van der Waals surface area contributed by atoms with Crippen molar-refractivity contribution in [3.05, 3.63) is 100 Å². The molecule has 0 aliphatic carbocycles. The number of fused-ring (bicyclic) bond motifs is 1. The molecule has 2 atom stereocenters. The number of oxazole rings is 1. The highest BCUT2D eigenvalue weighted by Crippen LogP contribution is 2.57. The van der Waals surface area contributed by atoms with Crippen molar-refractivity contribution in [1.82, 2.24) is 19.7 Å². The molecular weight excluding hydrogens is 685 g/mol. The number of aromatic nitrogens is 1. The van der Waals surface area contributed by atoms with Gasteiger partial charge in [0.05, 0.1) is 42.1 Å². The van der Waals surface area contributed by atoms with Crippen molar-refractivity contribution >= 4 is 33.2 Å². The number of halogens is 2. The van der Waals surface area contributed by atoms with Gasteiger partial charge in [0.1, 0.15) is 23.6 Å². The van der Waals surface area contributed by atoms with Crippen LogP contribution in [0.15, 0.2) is 76.4 Å². The lowest BCUT2D eigenvalue weighted by molar-refractivity contribution is -0.127. The number of anilines is 1. The molecule has 3 aliphatic rings. The Morgan fingerprint density at radius 1 is 1.00 bits per heavy atom. The molecule has 3 aromatic carbocycles. The van der Waals surface area contributed by atoms with Crippen molar-refractivity contribution in [2.24, 2.45) is 0 Å². The second-order valence-electron chi connectivity index (χ2n) is 12.7. The SMILES string of the molecule is CCN1CCN(Cc2ccc(C3(N4CCCC4c4ncco4)C(=O)N(S(=O)(=O)c4ccc(OC)cc4)c4ccc(Cl)c(F)c43)c(OC)c2)CC1. The van der Waals surface area contributed by atoms with E-state index in [1.54, 1.807) is 11.0 Å². The first-order chi connectivity index (χ1) is 24.1. The molecule has 50 heavy (non-hydrogen) atoms. The Kier molecular flexibility index (Phi) is 9.37. The van der Waals surface area contributed by atoms with Crippen LogP contribution >= 0.6 is 11.6 Å². The zero-order valence-electron chi connectivity index (χ0n) is 28.1. The van der Waals surface area contributed by atoms with E-state index in [0.717, 1.165) is 38.3 Å². The van der Waals surface area contributed by atoms with Gasteiger partial charge in [-0.2, -0.15) is 0 Å². The van der Waals surface area contributed by atoms with Gasteiger partial charge in [0.25, 0.3) is 15.9 Å². The molecule has 4 aromatic rings. The first kappa shape index (κ1) is 34.4. The number of benzene rings is 3. The first-order valence-electron chi connectivity index (χ1n) is 16.7. The summed E-state index contributed by atoms with van der Waals surface area (Å²) in [6.45, 7) is 7.85. The van der Waals surface area contributed by atoms with Crippen LogP contribution in [0, 0.1) is 5.82 Å². The highest BCUT2D eigenvalue weighted by atomic mass is 35.5. The summed E-state index contributed by atoms with van der Waals surface area (Å²) >= 11 is 6.48. The summed E-state index contributed by atoms with van der Waals surface area (Å²) in [7, 11) is -1.63. The van der Waals surface area contributed by atoms with E-state index in [9.17, 15) is 8.42 Å². The van der Waals surface area contributed by atoms with Crippen LogP contribution in [0.5, 0.6) is 11.5 Å². The summed E-state index contributed by atoms with van der Waals surface area (Å²) in [5.41, 5.74) is -1.11. The molecular formula is C36H39ClFN5O6S. The standard InChI is InChI=1S/C36H39ClFN5O6S/c1-4-40-17-19-41(20-18-40)23-24-7-12-27(31(22-24)48-3)36(42-16-5-6-30(42)34-39-15-21-49-34)32-29(14-13-28(37)33(32)38)43(35(36)44)50(45,46)26-10-8-25(47-2)9-11-26/h7-15,21-22,30H,4-6,16-20,23H2,1-3H3. The molecule has 0 radical (unpaired) electrons. The number of hydrogen-bond donors (Lipinski definition) is 0. The van der Waals surface area contributed by atoms with E-state index in [1.165, 1.54) is 63.1 Å². The van der Waals surface area contributed by atoms with E-state index in [-0.39, 0.29) is 26.7 Å². The van der Waals surface area contributed by atoms with E-state index in [4.69, 9.17) is 25.5 Å². The van der Waals surface area contributed by atoms with Crippen LogP contribution in [0.25, 0.3) is 0 Å². The van der Waals surface area contributed by atoms with Gasteiger partial charge in [-0.05, 0) is 67.4 Å². The average molecular weight is 724 g/mol. The largest absolute Gasteiger partial charge is 0.497 e. The van der Waals surface area contributed by atoms with Crippen LogP contribution in [-0.2, 0) is 26.9 Å². The van der Waals surface area contributed by atoms with Gasteiger partial charge in [-0.25, -0.2) is 22.1 Å². The van der Waals surface area contributed by atoms with Gasteiger partial charge in [0.2, 0.25) is 5.89 Å². The Bertz CT molecular complexity index is 1990. The molecule has 4 heterocycles. The van der Waals surface area contributed by atoms with E-state index in [2.05, 4.69) is 21.7 Å². The molecule has 1 aromatic heterocycles. The van der Waals surface area contributed by atoms with Crippen molar-refractivity contribution in [2.75, 3.05) is 57.8 Å². The number of rotatable bonds is 10. The third-order valence-electron chi connectivity index (χ3n) is 10.1. The highest BCUT2D eigenvalue weighted by Gasteiger charge is 2.64. The van der Waals surface area contributed by atoms with E-state index in [0.29, 0.717) is 47.6 Å². The van der Waals surface area contributed by atoms with Gasteiger partial charge in [0, 0.05) is 50.4 Å². The fraction of sp³-hybridized carbons (Fsp3) is 0.389. The molecule has 14 heteroatoms. The molecule has 2 saturated heterocycles. The third-order valence-corrected chi connectivity index (χ3v) is 12.1. The highest BCUT2D eigenvalue weighted by molar-refractivity contribution is 7.93. The quantitative estimate of drug-likeness (QED) is 0.210. The monoisotopic (exact) mass is 723 g/mol. The minimum Gasteiger partial charge on any atom is -0.497 e. The molecule has 0 N–H and O–H groups in total. The van der Waals surface area contributed by atoms with Crippen LogP contribution in [0.4, 0.5) is 10.1 Å². The number of ether oxygens (including phenoxy) is 2. The molecule has 2 fully saturated rings. The van der Waals surface area contributed by atoms with Crippen molar-refractivity contribution in [1.29, 1.82) is 0 Å². The Morgan fingerprint density at radius 3 is 2.40 bits per heavy atom. The number of methoxy groups -OCH3 is 2. The predicted octanol–water partition coefficient (Wildman–Crippen LogP) is 5.44. The molecule has 1 amide bonds. The normalized spacial score (nSPS) is 21.9. The molecule has 0 bridgehead atoms. The topological polar surface area (TPSA) is 109 Å². The number of hydrogen-bond acceptors (Lipinski definition) is 10. The second-order valence-corrected chi connectivity index (χ2v) is 14.9. The number of piperazine rings is 1. The summed E-state index contributed by atoms with van der Waals surface area (Å²) in [5.74, 6) is -0.702. The number of nitrogens with zero attached hydrogens (tertiary/aromatic N) is 5. The van der Waals surface area contributed by atoms with Crippen LogP contribution in [0.2, 0.25) is 5.02 Å². The lowest BCUT2D eigenvalue weighted by Gasteiger charge is -2.41. The average Bonchev–Trinajstić information content (AvgIpc) is 3.89. The molecule has 0 saturated carbocycles. The van der Waals surface area contributed by atoms with E-state index >= 15 is 9.18 Å². The Hall–Kier alpha value is -4.01. The van der Waals surface area contributed by atoms with E-state index in [1.807, 2.05) is 12.1 Å². The molecule has 0 spiro atoms. The van der Waals surface area contributed by atoms with Gasteiger partial charge >= 0.3 is 0 Å². The smallest absolute Gasteiger partial charge is 0.271 e. The van der Waals surface area contributed by atoms with Crippen LogP contribution in [-0.4, -0.2) is 87.5 Å². The van der Waals surface area contributed by atoms with Crippen LogP contribution < -0.4 is 13.8 Å². The number of sulfonamides is 1. The zero-order chi connectivity index (χ0) is 35.2. The molecule has 11 nitrogen and oxygen atoms in total. The van der Waals surface area contributed by atoms with Crippen molar-refractivity contribution in [2.45, 2.75) is 42.8 Å². The van der Waals surface area contributed by atoms with Gasteiger partial charge in [0.15, 0.2) is 5.54 Å².